The minimum Gasteiger partial charge on any atom is -0.480 e. The van der Waals surface area contributed by atoms with Crippen LogP contribution in [0.3, 0.4) is 0 Å². The zero-order valence-corrected chi connectivity index (χ0v) is 20.0. The predicted molar refractivity (Wildman–Crippen MR) is 133 cm³/mol. The number of likely N-dealkylation sites (tertiary alicyclic amines) is 1. The molecule has 184 valence electrons. The molecule has 2 aromatic rings. The lowest BCUT2D eigenvalue weighted by molar-refractivity contribution is -0.127. The van der Waals surface area contributed by atoms with Gasteiger partial charge in [-0.25, -0.2) is 0 Å². The fourth-order valence-corrected chi connectivity index (χ4v) is 5.41. The van der Waals surface area contributed by atoms with E-state index in [2.05, 4.69) is 10.6 Å². The molecular formula is C28H33N3O4. The van der Waals surface area contributed by atoms with E-state index in [1.165, 1.54) is 19.3 Å². The fourth-order valence-electron chi connectivity index (χ4n) is 5.41. The van der Waals surface area contributed by atoms with E-state index in [1.807, 2.05) is 24.3 Å². The molecule has 2 atom stereocenters. The van der Waals surface area contributed by atoms with Crippen molar-refractivity contribution in [3.05, 3.63) is 59.7 Å². The lowest BCUT2D eigenvalue weighted by Gasteiger charge is -2.33. The van der Waals surface area contributed by atoms with Crippen LogP contribution >= 0.6 is 0 Å². The standard InChI is InChI=1S/C28H33N3O4/c32-26(29-22-11-2-1-3-12-22)21-10-7-15-31(18-21)28(34)20-9-6-13-23(16-20)30-27(33)25-17-19-8-4-5-14-24(19)35-25/h4-6,8-9,13-14,16,21-22,25H,1-3,7,10-12,15,17-18H2,(H,29,32)(H,30,33). The Hall–Kier alpha value is -3.35. The number of rotatable bonds is 5. The summed E-state index contributed by atoms with van der Waals surface area (Å²) in [5.74, 6) is 0.305. The number of piperidine rings is 1. The summed E-state index contributed by atoms with van der Waals surface area (Å²) in [6, 6.07) is 14.9. The first-order valence-electron chi connectivity index (χ1n) is 12.8. The minimum atomic E-state index is -0.586. The van der Waals surface area contributed by atoms with Gasteiger partial charge in [-0.3, -0.25) is 14.4 Å². The van der Waals surface area contributed by atoms with E-state index in [1.54, 1.807) is 29.2 Å². The zero-order chi connectivity index (χ0) is 24.2. The Morgan fingerprint density at radius 3 is 2.54 bits per heavy atom. The average molecular weight is 476 g/mol. The molecule has 0 spiro atoms. The first-order valence-corrected chi connectivity index (χ1v) is 12.8. The molecule has 2 unspecified atom stereocenters. The summed E-state index contributed by atoms with van der Waals surface area (Å²) in [4.78, 5) is 40.6. The number of carbonyl (C=O) groups is 3. The molecule has 0 bridgehead atoms. The highest BCUT2D eigenvalue weighted by atomic mass is 16.5. The number of nitrogens with one attached hydrogen (secondary N) is 2. The van der Waals surface area contributed by atoms with Gasteiger partial charge >= 0.3 is 0 Å². The molecule has 1 aliphatic carbocycles. The highest BCUT2D eigenvalue weighted by Crippen LogP contribution is 2.29. The Morgan fingerprint density at radius 2 is 1.71 bits per heavy atom. The molecule has 2 aliphatic heterocycles. The molecule has 7 nitrogen and oxygen atoms in total. The third-order valence-electron chi connectivity index (χ3n) is 7.35. The molecule has 0 radical (unpaired) electrons. The van der Waals surface area contributed by atoms with E-state index in [4.69, 9.17) is 4.74 Å². The van der Waals surface area contributed by atoms with Gasteiger partial charge in [-0.1, -0.05) is 43.5 Å². The maximum Gasteiger partial charge on any atom is 0.265 e. The first-order chi connectivity index (χ1) is 17.1. The zero-order valence-electron chi connectivity index (χ0n) is 20.0. The van der Waals surface area contributed by atoms with E-state index >= 15 is 0 Å². The number of carbonyl (C=O) groups excluding carboxylic acids is 3. The van der Waals surface area contributed by atoms with Crippen molar-refractivity contribution in [1.82, 2.24) is 10.2 Å². The SMILES string of the molecule is O=C(NC1CCCCC1)C1CCCN(C(=O)c2cccc(NC(=O)C3Cc4ccccc4O3)c2)C1. The molecule has 35 heavy (non-hydrogen) atoms. The second kappa shape index (κ2) is 10.5. The number of para-hydroxylation sites is 1. The second-order valence-corrected chi connectivity index (χ2v) is 9.92. The van der Waals surface area contributed by atoms with Crippen LogP contribution in [0.5, 0.6) is 5.75 Å². The fraction of sp³-hybridized carbons (Fsp3) is 0.464. The molecule has 0 aromatic heterocycles. The van der Waals surface area contributed by atoms with Gasteiger partial charge in [-0.15, -0.1) is 0 Å². The number of fused-ring (bicyclic) bond motifs is 1. The summed E-state index contributed by atoms with van der Waals surface area (Å²) < 4.78 is 5.78. The molecule has 3 aliphatic rings. The van der Waals surface area contributed by atoms with Gasteiger partial charge in [-0.05, 0) is 55.5 Å². The Labute approximate surface area is 206 Å². The summed E-state index contributed by atoms with van der Waals surface area (Å²) in [6.07, 6.45) is 7.26. The van der Waals surface area contributed by atoms with Crippen LogP contribution in [0, 0.1) is 5.92 Å². The normalized spacial score (nSPS) is 22.1. The van der Waals surface area contributed by atoms with E-state index in [0.717, 1.165) is 37.0 Å². The molecule has 2 N–H and O–H groups in total. The van der Waals surface area contributed by atoms with E-state index in [0.29, 0.717) is 30.8 Å². The van der Waals surface area contributed by atoms with Gasteiger partial charge in [-0.2, -0.15) is 0 Å². The summed E-state index contributed by atoms with van der Waals surface area (Å²) in [7, 11) is 0. The lowest BCUT2D eigenvalue weighted by atomic mass is 9.92. The van der Waals surface area contributed by atoms with Gasteiger partial charge in [0.1, 0.15) is 5.75 Å². The Balaban J connectivity index is 1.18. The lowest BCUT2D eigenvalue weighted by Crippen LogP contribution is -2.48. The predicted octanol–water partition coefficient (Wildman–Crippen LogP) is 3.93. The first kappa shape index (κ1) is 23.4. The third-order valence-corrected chi connectivity index (χ3v) is 7.35. The van der Waals surface area contributed by atoms with Crippen LogP contribution in [0.25, 0.3) is 0 Å². The van der Waals surface area contributed by atoms with Gasteiger partial charge in [0.05, 0.1) is 5.92 Å². The van der Waals surface area contributed by atoms with Crippen LogP contribution in [-0.4, -0.2) is 47.9 Å². The molecule has 3 amide bonds. The number of nitrogens with zero attached hydrogens (tertiary/aromatic N) is 1. The summed E-state index contributed by atoms with van der Waals surface area (Å²) in [5.41, 5.74) is 2.08. The number of hydrogen-bond donors (Lipinski definition) is 2. The maximum absolute atomic E-state index is 13.3. The van der Waals surface area contributed by atoms with Crippen LogP contribution in [0.2, 0.25) is 0 Å². The molecule has 5 rings (SSSR count). The Bertz CT molecular complexity index is 1070. The third kappa shape index (κ3) is 5.50. The Morgan fingerprint density at radius 1 is 0.886 bits per heavy atom. The molecular weight excluding hydrogens is 442 g/mol. The monoisotopic (exact) mass is 475 g/mol. The van der Waals surface area contributed by atoms with Crippen molar-refractivity contribution >= 4 is 23.4 Å². The van der Waals surface area contributed by atoms with Crippen molar-refractivity contribution in [2.45, 2.75) is 63.5 Å². The number of anilines is 1. The topological polar surface area (TPSA) is 87.7 Å². The van der Waals surface area contributed by atoms with Crippen LogP contribution in [0.15, 0.2) is 48.5 Å². The molecule has 1 saturated carbocycles. The summed E-state index contributed by atoms with van der Waals surface area (Å²) >= 11 is 0. The van der Waals surface area contributed by atoms with Crippen molar-refractivity contribution in [3.8, 4) is 5.75 Å². The molecule has 2 fully saturated rings. The van der Waals surface area contributed by atoms with Crippen molar-refractivity contribution in [1.29, 1.82) is 0 Å². The number of benzene rings is 2. The molecule has 2 aromatic carbocycles. The molecule has 2 heterocycles. The van der Waals surface area contributed by atoms with Gasteiger partial charge in [0.2, 0.25) is 5.91 Å². The highest BCUT2D eigenvalue weighted by molar-refractivity contribution is 5.99. The van der Waals surface area contributed by atoms with Crippen LogP contribution in [0.4, 0.5) is 5.69 Å². The van der Waals surface area contributed by atoms with E-state index in [9.17, 15) is 14.4 Å². The average Bonchev–Trinajstić information content (AvgIpc) is 3.34. The second-order valence-electron chi connectivity index (χ2n) is 9.92. The van der Waals surface area contributed by atoms with Crippen molar-refractivity contribution in [2.24, 2.45) is 5.92 Å². The molecule has 7 heteroatoms. The van der Waals surface area contributed by atoms with E-state index in [-0.39, 0.29) is 29.7 Å². The van der Waals surface area contributed by atoms with Gasteiger partial charge in [0.15, 0.2) is 6.10 Å². The van der Waals surface area contributed by atoms with Crippen molar-refractivity contribution in [3.63, 3.8) is 0 Å². The smallest absolute Gasteiger partial charge is 0.265 e. The van der Waals surface area contributed by atoms with E-state index < -0.39 is 6.10 Å². The van der Waals surface area contributed by atoms with Gasteiger partial charge in [0, 0.05) is 36.8 Å². The number of hydrogen-bond acceptors (Lipinski definition) is 4. The highest BCUT2D eigenvalue weighted by Gasteiger charge is 2.31. The van der Waals surface area contributed by atoms with Crippen LogP contribution in [0.1, 0.15) is 60.9 Å². The summed E-state index contributed by atoms with van der Waals surface area (Å²) in [6.45, 7) is 1.07. The van der Waals surface area contributed by atoms with Crippen LogP contribution in [-0.2, 0) is 16.0 Å². The largest absolute Gasteiger partial charge is 0.480 e. The van der Waals surface area contributed by atoms with Crippen LogP contribution < -0.4 is 15.4 Å². The van der Waals surface area contributed by atoms with Crippen molar-refractivity contribution < 1.29 is 19.1 Å². The van der Waals surface area contributed by atoms with Gasteiger partial charge < -0.3 is 20.3 Å². The number of amides is 3. The maximum atomic E-state index is 13.3. The van der Waals surface area contributed by atoms with Crippen molar-refractivity contribution in [2.75, 3.05) is 18.4 Å². The molecule has 1 saturated heterocycles. The van der Waals surface area contributed by atoms with Gasteiger partial charge in [0.25, 0.3) is 11.8 Å². The Kier molecular flexibility index (Phi) is 7.02. The quantitative estimate of drug-likeness (QED) is 0.686. The summed E-state index contributed by atoms with van der Waals surface area (Å²) in [5, 5.41) is 6.11. The number of ether oxygens (including phenoxy) is 1. The minimum absolute atomic E-state index is 0.0768.